The lowest BCUT2D eigenvalue weighted by Gasteiger charge is -2.45. The van der Waals surface area contributed by atoms with Gasteiger partial charge in [-0.25, -0.2) is 8.42 Å². The molecule has 0 atom stereocenters. The monoisotopic (exact) mass is 429 g/mol. The van der Waals surface area contributed by atoms with Crippen molar-refractivity contribution in [1.29, 1.82) is 0 Å². The summed E-state index contributed by atoms with van der Waals surface area (Å²) in [5.41, 5.74) is 0.899. The maximum absolute atomic E-state index is 13.5. The minimum Gasteiger partial charge on any atom is -0.492 e. The van der Waals surface area contributed by atoms with E-state index in [0.717, 1.165) is 38.2 Å². The summed E-state index contributed by atoms with van der Waals surface area (Å²) in [6, 6.07) is 13.0. The molecule has 1 aromatic heterocycles. The minimum atomic E-state index is -3.59. The lowest BCUT2D eigenvalue weighted by Crippen LogP contribution is -2.52. The number of benzene rings is 1. The first-order valence-electron chi connectivity index (χ1n) is 10.7. The Morgan fingerprint density at radius 1 is 1.10 bits per heavy atom. The van der Waals surface area contributed by atoms with Crippen LogP contribution in [0.15, 0.2) is 53.6 Å². The first-order valence-corrected chi connectivity index (χ1v) is 12.2. The molecule has 3 heterocycles. The molecule has 0 bridgehead atoms. The normalized spacial score (nSPS) is 21.6. The molecule has 0 radical (unpaired) electrons. The van der Waals surface area contributed by atoms with Crippen molar-refractivity contribution in [1.82, 2.24) is 14.2 Å². The van der Waals surface area contributed by atoms with Crippen LogP contribution in [0.3, 0.4) is 0 Å². The van der Waals surface area contributed by atoms with Crippen molar-refractivity contribution in [3.05, 3.63) is 54.4 Å². The highest BCUT2D eigenvalue weighted by atomic mass is 32.2. The summed E-state index contributed by atoms with van der Waals surface area (Å²) in [6.07, 6.45) is 3.65. The number of sulfonamides is 1. The zero-order valence-electron chi connectivity index (χ0n) is 17.8. The fourth-order valence-electron chi connectivity index (χ4n) is 4.44. The molecule has 2 aliphatic rings. The molecule has 4 rings (SSSR count). The first kappa shape index (κ1) is 21.3. The van der Waals surface area contributed by atoms with Gasteiger partial charge in [0, 0.05) is 31.2 Å². The van der Waals surface area contributed by atoms with E-state index in [1.807, 2.05) is 24.4 Å². The zero-order chi connectivity index (χ0) is 21.2. The molecule has 30 heavy (non-hydrogen) atoms. The summed E-state index contributed by atoms with van der Waals surface area (Å²) in [5, 5.41) is 0. The average Bonchev–Trinajstić information content (AvgIpc) is 2.73. The Morgan fingerprint density at radius 2 is 1.83 bits per heavy atom. The van der Waals surface area contributed by atoms with E-state index in [1.54, 1.807) is 22.5 Å². The van der Waals surface area contributed by atoms with E-state index < -0.39 is 10.0 Å². The second-order valence-corrected chi connectivity index (χ2v) is 10.9. The van der Waals surface area contributed by atoms with E-state index in [2.05, 4.69) is 29.8 Å². The highest BCUT2D eigenvalue weighted by molar-refractivity contribution is 7.89. The summed E-state index contributed by atoms with van der Waals surface area (Å²) < 4.78 is 34.8. The Hall–Kier alpha value is -1.96. The van der Waals surface area contributed by atoms with Gasteiger partial charge in [-0.05, 0) is 56.1 Å². The van der Waals surface area contributed by atoms with E-state index in [0.29, 0.717) is 25.4 Å². The van der Waals surface area contributed by atoms with Gasteiger partial charge in [-0.15, -0.1) is 0 Å². The highest BCUT2D eigenvalue weighted by Crippen LogP contribution is 2.39. The predicted molar refractivity (Wildman–Crippen MR) is 117 cm³/mol. The number of pyridine rings is 1. The number of para-hydroxylation sites is 1. The molecule has 0 amide bonds. The van der Waals surface area contributed by atoms with Crippen LogP contribution in [0.2, 0.25) is 0 Å². The van der Waals surface area contributed by atoms with E-state index in [4.69, 9.17) is 4.74 Å². The summed E-state index contributed by atoms with van der Waals surface area (Å²) in [7, 11) is -3.59. The molecule has 162 valence electrons. The van der Waals surface area contributed by atoms with Gasteiger partial charge in [-0.1, -0.05) is 32.0 Å². The number of nitrogens with zero attached hydrogens (tertiary/aromatic N) is 3. The third-order valence-electron chi connectivity index (χ3n) is 6.11. The Kier molecular flexibility index (Phi) is 6.14. The molecule has 0 saturated carbocycles. The second kappa shape index (κ2) is 8.65. The molecule has 1 fully saturated rings. The van der Waals surface area contributed by atoms with Crippen molar-refractivity contribution in [2.45, 2.75) is 38.1 Å². The number of fused-ring (bicyclic) bond motifs is 1. The largest absolute Gasteiger partial charge is 0.492 e. The van der Waals surface area contributed by atoms with Gasteiger partial charge >= 0.3 is 0 Å². The van der Waals surface area contributed by atoms with Crippen molar-refractivity contribution in [3.8, 4) is 5.75 Å². The van der Waals surface area contributed by atoms with Crippen LogP contribution in [0.4, 0.5) is 0 Å². The van der Waals surface area contributed by atoms with Crippen molar-refractivity contribution in [2.75, 3.05) is 32.8 Å². The minimum absolute atomic E-state index is 0.171. The molecule has 2 aliphatic heterocycles. The summed E-state index contributed by atoms with van der Waals surface area (Å²) in [6.45, 7) is 8.38. The Bertz CT molecular complexity index is 955. The molecule has 1 saturated heterocycles. The van der Waals surface area contributed by atoms with Crippen LogP contribution in [0.1, 0.15) is 32.4 Å². The number of ether oxygens (including phenoxy) is 1. The van der Waals surface area contributed by atoms with Gasteiger partial charge in [0.1, 0.15) is 10.6 Å². The Labute approximate surface area is 179 Å². The number of hydrogen-bond acceptors (Lipinski definition) is 5. The lowest BCUT2D eigenvalue weighted by molar-refractivity contribution is 0.0307. The number of piperidine rings is 1. The number of hydrogen-bond donors (Lipinski definition) is 0. The maximum Gasteiger partial charge on any atom is 0.246 e. The predicted octanol–water partition coefficient (Wildman–Crippen LogP) is 3.40. The highest BCUT2D eigenvalue weighted by Gasteiger charge is 2.43. The smallest absolute Gasteiger partial charge is 0.246 e. The zero-order valence-corrected chi connectivity index (χ0v) is 18.6. The molecule has 0 unspecified atom stereocenters. The van der Waals surface area contributed by atoms with Crippen LogP contribution < -0.4 is 4.74 Å². The summed E-state index contributed by atoms with van der Waals surface area (Å²) in [4.78, 5) is 7.13. The van der Waals surface area contributed by atoms with Gasteiger partial charge < -0.3 is 4.74 Å². The van der Waals surface area contributed by atoms with Gasteiger partial charge in [-0.3, -0.25) is 9.88 Å². The van der Waals surface area contributed by atoms with Crippen LogP contribution in [-0.2, 0) is 16.6 Å². The Morgan fingerprint density at radius 3 is 2.53 bits per heavy atom. The van der Waals surface area contributed by atoms with E-state index in [1.165, 1.54) is 0 Å². The third-order valence-corrected chi connectivity index (χ3v) is 7.96. The van der Waals surface area contributed by atoms with Gasteiger partial charge in [0.2, 0.25) is 10.0 Å². The molecule has 0 N–H and O–H groups in total. The van der Waals surface area contributed by atoms with Crippen molar-refractivity contribution in [3.63, 3.8) is 0 Å². The fraction of sp³-hybridized carbons (Fsp3) is 0.522. The molecular weight excluding hydrogens is 398 g/mol. The molecular formula is C23H31N3O3S. The average molecular weight is 430 g/mol. The molecule has 2 aromatic rings. The summed E-state index contributed by atoms with van der Waals surface area (Å²) >= 11 is 0. The summed E-state index contributed by atoms with van der Waals surface area (Å²) in [5.74, 6) is 0.731. The van der Waals surface area contributed by atoms with Crippen LogP contribution in [-0.4, -0.2) is 55.4 Å². The fourth-order valence-corrected chi connectivity index (χ4v) is 6.28. The Balaban J connectivity index is 1.56. The lowest BCUT2D eigenvalue weighted by atomic mass is 9.78. The SMILES string of the molecule is CC(C)CN1CC2(CCN(Cc3ccccn3)CC2)COc2ccccc2S1(=O)=O. The van der Waals surface area contributed by atoms with Crippen LogP contribution >= 0.6 is 0 Å². The van der Waals surface area contributed by atoms with E-state index in [9.17, 15) is 8.42 Å². The third kappa shape index (κ3) is 4.53. The van der Waals surface area contributed by atoms with Gasteiger partial charge in [-0.2, -0.15) is 4.31 Å². The molecule has 0 aliphatic carbocycles. The first-order chi connectivity index (χ1) is 14.4. The van der Waals surface area contributed by atoms with Crippen molar-refractivity contribution < 1.29 is 13.2 Å². The van der Waals surface area contributed by atoms with Gasteiger partial charge in [0.05, 0.1) is 12.3 Å². The van der Waals surface area contributed by atoms with E-state index >= 15 is 0 Å². The van der Waals surface area contributed by atoms with Gasteiger partial charge in [0.25, 0.3) is 0 Å². The van der Waals surface area contributed by atoms with E-state index in [-0.39, 0.29) is 16.2 Å². The van der Waals surface area contributed by atoms with Crippen LogP contribution in [0, 0.1) is 11.3 Å². The van der Waals surface area contributed by atoms with Crippen LogP contribution in [0.25, 0.3) is 0 Å². The maximum atomic E-state index is 13.5. The number of aromatic nitrogens is 1. The molecule has 7 heteroatoms. The molecule has 1 spiro atoms. The second-order valence-electron chi connectivity index (χ2n) is 9.02. The van der Waals surface area contributed by atoms with Crippen LogP contribution in [0.5, 0.6) is 5.75 Å². The standard InChI is InChI=1S/C23H31N3O3S/c1-19(2)15-26-17-23(18-29-21-8-3-4-9-22(21)30(26,27)28)10-13-25(14-11-23)16-20-7-5-6-12-24-20/h3-9,12,19H,10-11,13-18H2,1-2H3. The topological polar surface area (TPSA) is 62.7 Å². The van der Waals surface area contributed by atoms with Crippen molar-refractivity contribution in [2.24, 2.45) is 11.3 Å². The molecule has 1 aromatic carbocycles. The molecule has 6 nitrogen and oxygen atoms in total. The quantitative estimate of drug-likeness (QED) is 0.745. The number of likely N-dealkylation sites (tertiary alicyclic amines) is 1. The number of rotatable bonds is 4. The van der Waals surface area contributed by atoms with Gasteiger partial charge in [0.15, 0.2) is 0 Å². The van der Waals surface area contributed by atoms with Crippen molar-refractivity contribution >= 4 is 10.0 Å².